The molecule has 4 heterocycles. The molecule has 8 nitrogen and oxygen atoms in total. The summed E-state index contributed by atoms with van der Waals surface area (Å²) in [6, 6.07) is 17.6. The zero-order valence-corrected chi connectivity index (χ0v) is 21.8. The largest absolute Gasteiger partial charge is 0.455 e. The smallest absolute Gasteiger partial charge is 0.328 e. The minimum Gasteiger partial charge on any atom is -0.455 e. The third kappa shape index (κ3) is 4.94. The summed E-state index contributed by atoms with van der Waals surface area (Å²) >= 11 is 0. The fourth-order valence-electron chi connectivity index (χ4n) is 5.88. The summed E-state index contributed by atoms with van der Waals surface area (Å²) in [4.78, 5) is 16.3. The van der Waals surface area contributed by atoms with Crippen LogP contribution in [0.4, 0.5) is 0 Å². The van der Waals surface area contributed by atoms with Crippen LogP contribution in [0.3, 0.4) is 0 Å². The van der Waals surface area contributed by atoms with Gasteiger partial charge >= 0.3 is 5.97 Å². The quantitative estimate of drug-likeness (QED) is 0.565. The minimum atomic E-state index is -0.841. The van der Waals surface area contributed by atoms with Gasteiger partial charge in [-0.25, -0.2) is 4.79 Å². The number of esters is 1. The summed E-state index contributed by atoms with van der Waals surface area (Å²) in [5.74, 6) is -1.92. The van der Waals surface area contributed by atoms with Crippen LogP contribution in [0.15, 0.2) is 54.6 Å². The second-order valence-corrected chi connectivity index (χ2v) is 11.1. The number of carbonyl (C=O) groups excluding carboxylic acids is 1. The van der Waals surface area contributed by atoms with E-state index in [1.54, 1.807) is 0 Å². The average molecular weight is 510 g/mol. The van der Waals surface area contributed by atoms with E-state index in [0.717, 1.165) is 18.5 Å². The Kier molecular flexibility index (Phi) is 6.38. The van der Waals surface area contributed by atoms with Crippen molar-refractivity contribution in [1.82, 2.24) is 4.90 Å². The number of hydrogen-bond acceptors (Lipinski definition) is 8. The van der Waals surface area contributed by atoms with Gasteiger partial charge in [-0.2, -0.15) is 0 Å². The van der Waals surface area contributed by atoms with Crippen molar-refractivity contribution in [3.8, 4) is 0 Å². The van der Waals surface area contributed by atoms with Crippen molar-refractivity contribution < 1.29 is 33.2 Å². The number of fused-ring (bicyclic) bond motifs is 2. The number of benzene rings is 2. The first-order valence-corrected chi connectivity index (χ1v) is 13.1. The predicted octanol–water partition coefficient (Wildman–Crippen LogP) is 3.73. The van der Waals surface area contributed by atoms with E-state index in [1.165, 1.54) is 11.1 Å². The number of rotatable bonds is 5. The van der Waals surface area contributed by atoms with Crippen molar-refractivity contribution >= 4 is 5.97 Å². The molecule has 0 amide bonds. The molecule has 0 N–H and O–H groups in total. The van der Waals surface area contributed by atoms with E-state index in [0.29, 0.717) is 13.2 Å². The van der Waals surface area contributed by atoms with Crippen LogP contribution in [-0.2, 0) is 46.2 Å². The van der Waals surface area contributed by atoms with Gasteiger partial charge in [-0.3, -0.25) is 4.90 Å². The fourth-order valence-corrected chi connectivity index (χ4v) is 5.88. The predicted molar refractivity (Wildman–Crippen MR) is 133 cm³/mol. The van der Waals surface area contributed by atoms with Gasteiger partial charge in [0, 0.05) is 13.1 Å². The number of carbonyl (C=O) groups is 1. The molecule has 2 aromatic carbocycles. The van der Waals surface area contributed by atoms with Gasteiger partial charge < -0.3 is 28.4 Å². The molecule has 0 spiro atoms. The van der Waals surface area contributed by atoms with E-state index in [4.69, 9.17) is 28.4 Å². The van der Waals surface area contributed by atoms with Gasteiger partial charge in [0.15, 0.2) is 30.1 Å². The summed E-state index contributed by atoms with van der Waals surface area (Å²) < 4.78 is 36.6. The molecule has 0 aromatic heterocycles. The third-order valence-corrected chi connectivity index (χ3v) is 7.54. The minimum absolute atomic E-state index is 0.333. The van der Waals surface area contributed by atoms with Crippen molar-refractivity contribution in [2.45, 2.75) is 89.0 Å². The Bertz CT molecular complexity index is 1140. The fraction of sp³-hybridized carbons (Fsp3) is 0.552. The Hall–Kier alpha value is -2.33. The molecule has 8 heteroatoms. The Labute approximate surface area is 217 Å². The SMILES string of the molecule is CC1(C)O[C@H]2O[C@H]([C@H]3COC(C)(C)O3)[C@H](OC(=O)[C@H](c3ccccc3)N3CCc4ccccc4C3)[C@H]2O1. The number of hydrogen-bond donors (Lipinski definition) is 0. The maximum Gasteiger partial charge on any atom is 0.328 e. The second kappa shape index (κ2) is 9.45. The maximum absolute atomic E-state index is 14.1. The van der Waals surface area contributed by atoms with Gasteiger partial charge in [0.1, 0.15) is 18.2 Å². The summed E-state index contributed by atoms with van der Waals surface area (Å²) in [7, 11) is 0. The summed E-state index contributed by atoms with van der Waals surface area (Å²) in [6.07, 6.45) is -2.02. The van der Waals surface area contributed by atoms with E-state index >= 15 is 0 Å². The molecule has 0 radical (unpaired) electrons. The summed E-state index contributed by atoms with van der Waals surface area (Å²) in [5.41, 5.74) is 3.45. The first kappa shape index (κ1) is 25.0. The zero-order chi connectivity index (χ0) is 25.8. The monoisotopic (exact) mass is 509 g/mol. The van der Waals surface area contributed by atoms with E-state index in [9.17, 15) is 4.79 Å². The topological polar surface area (TPSA) is 75.7 Å². The Balaban J connectivity index is 1.28. The van der Waals surface area contributed by atoms with Crippen LogP contribution in [-0.4, -0.2) is 66.3 Å². The molecule has 37 heavy (non-hydrogen) atoms. The molecule has 0 saturated carbocycles. The van der Waals surface area contributed by atoms with Crippen molar-refractivity contribution in [3.63, 3.8) is 0 Å². The van der Waals surface area contributed by atoms with Crippen LogP contribution < -0.4 is 0 Å². The van der Waals surface area contributed by atoms with Gasteiger partial charge in [-0.15, -0.1) is 0 Å². The number of ether oxygens (including phenoxy) is 6. The van der Waals surface area contributed by atoms with Crippen LogP contribution >= 0.6 is 0 Å². The highest BCUT2D eigenvalue weighted by Gasteiger charge is 2.60. The molecule has 3 fully saturated rings. The zero-order valence-electron chi connectivity index (χ0n) is 21.8. The molecule has 6 rings (SSSR count). The Morgan fingerprint density at radius 1 is 0.919 bits per heavy atom. The van der Waals surface area contributed by atoms with Gasteiger partial charge in [0.25, 0.3) is 0 Å². The maximum atomic E-state index is 14.1. The van der Waals surface area contributed by atoms with Crippen molar-refractivity contribution in [2.24, 2.45) is 0 Å². The molecule has 4 aliphatic rings. The summed E-state index contributed by atoms with van der Waals surface area (Å²) in [5, 5.41) is 0. The average Bonchev–Trinajstić information content (AvgIpc) is 3.49. The first-order valence-electron chi connectivity index (χ1n) is 13.1. The van der Waals surface area contributed by atoms with Crippen molar-refractivity contribution in [2.75, 3.05) is 13.2 Å². The standard InChI is InChI=1S/C29H35NO7/c1-28(2)32-17-21(35-28)23-24(25-27(34-23)37-29(3,4)36-25)33-26(31)22(19-11-6-5-7-12-19)30-15-14-18-10-8-9-13-20(18)16-30/h5-13,21-25,27H,14-17H2,1-4H3/t21-,22+,23-,24+,25-,27-/m1/s1. The lowest BCUT2D eigenvalue weighted by molar-refractivity contribution is -0.236. The normalized spacial score (nSPS) is 33.0. The van der Waals surface area contributed by atoms with Crippen LogP contribution in [0.1, 0.15) is 50.4 Å². The summed E-state index contributed by atoms with van der Waals surface area (Å²) in [6.45, 7) is 9.14. The van der Waals surface area contributed by atoms with E-state index < -0.39 is 48.3 Å². The lowest BCUT2D eigenvalue weighted by Crippen LogP contribution is -2.47. The second-order valence-electron chi connectivity index (χ2n) is 11.1. The van der Waals surface area contributed by atoms with Crippen LogP contribution in [0.25, 0.3) is 0 Å². The van der Waals surface area contributed by atoms with E-state index in [-0.39, 0.29) is 5.97 Å². The third-order valence-electron chi connectivity index (χ3n) is 7.54. The molecule has 0 bridgehead atoms. The van der Waals surface area contributed by atoms with Crippen molar-refractivity contribution in [3.05, 3.63) is 71.3 Å². The Morgan fingerprint density at radius 2 is 1.65 bits per heavy atom. The van der Waals surface area contributed by atoms with Gasteiger partial charge in [-0.1, -0.05) is 54.6 Å². The van der Waals surface area contributed by atoms with E-state index in [1.807, 2.05) is 64.1 Å². The molecule has 6 atom stereocenters. The van der Waals surface area contributed by atoms with Crippen molar-refractivity contribution in [1.29, 1.82) is 0 Å². The molecular weight excluding hydrogens is 474 g/mol. The highest BCUT2D eigenvalue weighted by atomic mass is 16.8. The lowest BCUT2D eigenvalue weighted by Gasteiger charge is -2.36. The number of nitrogens with zero attached hydrogens (tertiary/aromatic N) is 1. The van der Waals surface area contributed by atoms with Gasteiger partial charge in [0.05, 0.1) is 6.61 Å². The van der Waals surface area contributed by atoms with Gasteiger partial charge in [0.2, 0.25) is 0 Å². The van der Waals surface area contributed by atoms with Gasteiger partial charge in [-0.05, 0) is 50.8 Å². The molecule has 0 unspecified atom stereocenters. The van der Waals surface area contributed by atoms with Crippen LogP contribution in [0.2, 0.25) is 0 Å². The first-order chi connectivity index (χ1) is 17.7. The lowest BCUT2D eigenvalue weighted by atomic mass is 9.96. The van der Waals surface area contributed by atoms with Crippen LogP contribution in [0.5, 0.6) is 0 Å². The molecular formula is C29H35NO7. The van der Waals surface area contributed by atoms with E-state index in [2.05, 4.69) is 23.1 Å². The Morgan fingerprint density at radius 3 is 2.38 bits per heavy atom. The van der Waals surface area contributed by atoms with Crippen LogP contribution in [0, 0.1) is 0 Å². The molecule has 3 saturated heterocycles. The molecule has 4 aliphatic heterocycles. The molecule has 2 aromatic rings. The highest BCUT2D eigenvalue weighted by molar-refractivity contribution is 5.78. The highest BCUT2D eigenvalue weighted by Crippen LogP contribution is 2.43. The molecule has 198 valence electrons. The molecule has 0 aliphatic carbocycles.